The average molecular weight is 349 g/mol. The molecule has 0 aliphatic carbocycles. The van der Waals surface area contributed by atoms with Crippen molar-refractivity contribution in [3.63, 3.8) is 0 Å². The smallest absolute Gasteiger partial charge is 0.267 e. The molecule has 0 saturated carbocycles. The van der Waals surface area contributed by atoms with Crippen molar-refractivity contribution in [3.05, 3.63) is 50.5 Å². The van der Waals surface area contributed by atoms with E-state index in [1.54, 1.807) is 18.2 Å². The molecule has 0 atom stereocenters. The lowest BCUT2D eigenvalue weighted by Gasteiger charge is -2.07. The lowest BCUT2D eigenvalue weighted by molar-refractivity contribution is 0.0693. The summed E-state index contributed by atoms with van der Waals surface area (Å²) in [6, 6.07) is 4.79. The maximum absolute atomic E-state index is 11.9. The van der Waals surface area contributed by atoms with Crippen LogP contribution < -0.4 is 10.9 Å². The second kappa shape index (κ2) is 4.81. The normalized spacial score (nSPS) is 13.5. The quantitative estimate of drug-likeness (QED) is 0.802. The summed E-state index contributed by atoms with van der Waals surface area (Å²) in [6.07, 6.45) is 1.27. The zero-order valence-corrected chi connectivity index (χ0v) is 12.4. The molecule has 0 bridgehead atoms. The third kappa shape index (κ3) is 2.13. The van der Waals surface area contributed by atoms with Gasteiger partial charge in [-0.15, -0.1) is 0 Å². The highest BCUT2D eigenvalue weighted by Crippen LogP contribution is 2.27. The number of aromatic nitrogens is 2. The molecule has 0 unspecified atom stereocenters. The van der Waals surface area contributed by atoms with Gasteiger partial charge in [0.05, 0.1) is 17.5 Å². The van der Waals surface area contributed by atoms with Crippen molar-refractivity contribution in [3.8, 4) is 0 Å². The molecule has 1 aliphatic rings. The lowest BCUT2D eigenvalue weighted by atomic mass is 10.1. The molecule has 8 heteroatoms. The van der Waals surface area contributed by atoms with Gasteiger partial charge in [0.1, 0.15) is 4.47 Å². The summed E-state index contributed by atoms with van der Waals surface area (Å²) < 4.78 is 0.255. The maximum Gasteiger partial charge on any atom is 0.267 e. The number of imide groups is 1. The lowest BCUT2D eigenvalue weighted by Crippen LogP contribution is -2.24. The molecule has 1 aliphatic heterocycles. The van der Waals surface area contributed by atoms with Crippen molar-refractivity contribution in [1.82, 2.24) is 14.9 Å². The van der Waals surface area contributed by atoms with Gasteiger partial charge >= 0.3 is 0 Å². The monoisotopic (exact) mass is 348 g/mol. The topological polar surface area (TPSA) is 95.2 Å². The predicted octanol–water partition coefficient (Wildman–Crippen LogP) is 1.50. The molecule has 7 nitrogen and oxygen atoms in total. The van der Waals surface area contributed by atoms with Gasteiger partial charge in [-0.05, 0) is 34.1 Å². The number of benzene rings is 1. The van der Waals surface area contributed by atoms with Gasteiger partial charge in [0, 0.05) is 12.7 Å². The highest BCUT2D eigenvalue weighted by atomic mass is 79.9. The molecule has 0 fully saturated rings. The Labute approximate surface area is 127 Å². The highest BCUT2D eigenvalue weighted by Gasteiger charge is 2.32. The van der Waals surface area contributed by atoms with Gasteiger partial charge in [-0.2, -0.15) is 0 Å². The summed E-state index contributed by atoms with van der Waals surface area (Å²) in [5.41, 5.74) is 0.933. The van der Waals surface area contributed by atoms with Crippen LogP contribution in [0.3, 0.4) is 0 Å². The van der Waals surface area contributed by atoms with Gasteiger partial charge in [0.25, 0.3) is 17.4 Å². The van der Waals surface area contributed by atoms with Crippen LogP contribution in [0, 0.1) is 0 Å². The molecule has 0 spiro atoms. The van der Waals surface area contributed by atoms with E-state index in [0.29, 0.717) is 22.6 Å². The summed E-state index contributed by atoms with van der Waals surface area (Å²) in [5.74, 6) is -0.350. The van der Waals surface area contributed by atoms with Gasteiger partial charge in [0.2, 0.25) is 0 Å². The molecule has 1 aromatic carbocycles. The van der Waals surface area contributed by atoms with E-state index < -0.39 is 0 Å². The number of H-pyrrole nitrogens is 1. The van der Waals surface area contributed by atoms with E-state index in [4.69, 9.17) is 0 Å². The molecule has 2 heterocycles. The van der Waals surface area contributed by atoms with Crippen LogP contribution >= 0.6 is 15.9 Å². The number of carbonyl (C=O) groups is 2. The molecule has 0 radical (unpaired) electrons. The fourth-order valence-electron chi connectivity index (χ4n) is 2.05. The molecular formula is C13H9BrN4O3. The first-order valence-electron chi connectivity index (χ1n) is 5.95. The standard InChI is InChI=1S/C13H9BrN4O3/c1-18-12(20)7-3-2-6(4-8(7)13(18)21)17-10-9(14)11(19)16-5-15-10/h2-5H,1H3,(H2,15,16,17,19). The van der Waals surface area contributed by atoms with E-state index in [9.17, 15) is 14.4 Å². The van der Waals surface area contributed by atoms with Gasteiger partial charge in [-0.25, -0.2) is 4.98 Å². The third-order valence-corrected chi connectivity index (χ3v) is 3.88. The van der Waals surface area contributed by atoms with Gasteiger partial charge < -0.3 is 10.3 Å². The number of fused-ring (bicyclic) bond motifs is 1. The van der Waals surface area contributed by atoms with E-state index in [0.717, 1.165) is 4.90 Å². The number of anilines is 2. The number of nitrogens with zero attached hydrogens (tertiary/aromatic N) is 2. The summed E-state index contributed by atoms with van der Waals surface area (Å²) >= 11 is 3.13. The number of aromatic amines is 1. The molecule has 3 rings (SSSR count). The van der Waals surface area contributed by atoms with Gasteiger partial charge in [-0.3, -0.25) is 19.3 Å². The Balaban J connectivity index is 2.00. The second-order valence-electron chi connectivity index (χ2n) is 4.45. The van der Waals surface area contributed by atoms with E-state index in [1.807, 2.05) is 0 Å². The summed E-state index contributed by atoms with van der Waals surface area (Å²) in [7, 11) is 1.44. The molecular weight excluding hydrogens is 340 g/mol. The zero-order valence-electron chi connectivity index (χ0n) is 10.8. The first kappa shape index (κ1) is 13.5. The van der Waals surface area contributed by atoms with E-state index in [-0.39, 0.29) is 21.8 Å². The first-order chi connectivity index (χ1) is 9.99. The Morgan fingerprint density at radius 3 is 2.67 bits per heavy atom. The summed E-state index contributed by atoms with van der Waals surface area (Å²) in [4.78, 5) is 42.7. The van der Waals surface area contributed by atoms with Crippen LogP contribution in [0.15, 0.2) is 33.8 Å². The number of halogens is 1. The SMILES string of the molecule is CN1C(=O)c2ccc(Nc3nc[nH]c(=O)c3Br)cc2C1=O. The number of hydrogen-bond donors (Lipinski definition) is 2. The molecule has 1 aromatic heterocycles. The third-order valence-electron chi connectivity index (χ3n) is 3.15. The fraction of sp³-hybridized carbons (Fsp3) is 0.0769. The first-order valence-corrected chi connectivity index (χ1v) is 6.75. The van der Waals surface area contributed by atoms with E-state index in [2.05, 4.69) is 31.2 Å². The molecule has 2 aromatic rings. The predicted molar refractivity (Wildman–Crippen MR) is 78.7 cm³/mol. The van der Waals surface area contributed by atoms with Crippen molar-refractivity contribution in [1.29, 1.82) is 0 Å². The Morgan fingerprint density at radius 1 is 1.19 bits per heavy atom. The Morgan fingerprint density at radius 2 is 1.90 bits per heavy atom. The van der Waals surface area contributed by atoms with E-state index >= 15 is 0 Å². The largest absolute Gasteiger partial charge is 0.339 e. The molecule has 21 heavy (non-hydrogen) atoms. The van der Waals surface area contributed by atoms with Crippen LogP contribution in [-0.2, 0) is 0 Å². The number of carbonyl (C=O) groups excluding carboxylic acids is 2. The summed E-state index contributed by atoms with van der Waals surface area (Å²) in [6.45, 7) is 0. The fourth-order valence-corrected chi connectivity index (χ4v) is 2.36. The molecule has 106 valence electrons. The van der Waals surface area contributed by atoms with Crippen LogP contribution in [0.2, 0.25) is 0 Å². The number of amides is 2. The van der Waals surface area contributed by atoms with Crippen LogP contribution in [0.1, 0.15) is 20.7 Å². The Bertz CT molecular complexity index is 830. The minimum absolute atomic E-state index is 0.255. The van der Waals surface area contributed by atoms with Gasteiger partial charge in [-0.1, -0.05) is 0 Å². The van der Waals surface area contributed by atoms with Crippen LogP contribution in [0.25, 0.3) is 0 Å². The Kier molecular flexibility index (Phi) is 3.09. The van der Waals surface area contributed by atoms with Crippen molar-refractivity contribution in [2.75, 3.05) is 12.4 Å². The van der Waals surface area contributed by atoms with Crippen molar-refractivity contribution >= 4 is 39.2 Å². The maximum atomic E-state index is 11.9. The average Bonchev–Trinajstić information content (AvgIpc) is 2.69. The molecule has 0 saturated heterocycles. The van der Waals surface area contributed by atoms with Crippen molar-refractivity contribution < 1.29 is 9.59 Å². The minimum atomic E-state index is -0.350. The summed E-state index contributed by atoms with van der Waals surface area (Å²) in [5, 5.41) is 2.93. The van der Waals surface area contributed by atoms with E-state index in [1.165, 1.54) is 13.4 Å². The van der Waals surface area contributed by atoms with Crippen LogP contribution in [-0.4, -0.2) is 33.7 Å². The second-order valence-corrected chi connectivity index (χ2v) is 5.24. The zero-order chi connectivity index (χ0) is 15.1. The number of hydrogen-bond acceptors (Lipinski definition) is 5. The van der Waals surface area contributed by atoms with Crippen molar-refractivity contribution in [2.24, 2.45) is 0 Å². The number of rotatable bonds is 2. The Hall–Kier alpha value is -2.48. The minimum Gasteiger partial charge on any atom is -0.339 e. The highest BCUT2D eigenvalue weighted by molar-refractivity contribution is 9.10. The van der Waals surface area contributed by atoms with Gasteiger partial charge in [0.15, 0.2) is 5.82 Å². The number of nitrogens with one attached hydrogen (secondary N) is 2. The van der Waals surface area contributed by atoms with Crippen LogP contribution in [0.5, 0.6) is 0 Å². The van der Waals surface area contributed by atoms with Crippen molar-refractivity contribution in [2.45, 2.75) is 0 Å². The van der Waals surface area contributed by atoms with Crippen LogP contribution in [0.4, 0.5) is 11.5 Å². The molecule has 2 N–H and O–H groups in total. The molecule has 2 amide bonds.